The molecule has 1 rings (SSSR count). The van der Waals surface area contributed by atoms with Gasteiger partial charge in [0, 0.05) is 12.8 Å². The molecule has 1 N–H and O–H groups in total. The van der Waals surface area contributed by atoms with E-state index in [1.54, 1.807) is 6.92 Å². The van der Waals surface area contributed by atoms with Gasteiger partial charge in [-0.2, -0.15) is 0 Å². The van der Waals surface area contributed by atoms with E-state index < -0.39 is 6.29 Å². The Balaban J connectivity index is 2.72. The summed E-state index contributed by atoms with van der Waals surface area (Å²) >= 11 is 0. The first-order valence-corrected chi connectivity index (χ1v) is 15.9. The predicted octanol–water partition coefficient (Wildman–Crippen LogP) is 10.5. The molecule has 220 valence electrons. The Morgan fingerprint density at radius 1 is 0.763 bits per heavy atom. The number of ether oxygens (including phenoxy) is 1. The Morgan fingerprint density at radius 3 is 1.71 bits per heavy atom. The van der Waals surface area contributed by atoms with E-state index in [1.807, 2.05) is 0 Å². The first-order chi connectivity index (χ1) is 17.9. The van der Waals surface area contributed by atoms with Crippen molar-refractivity contribution in [1.82, 2.24) is 0 Å². The van der Waals surface area contributed by atoms with Crippen LogP contribution in [0.3, 0.4) is 0 Å². The van der Waals surface area contributed by atoms with Crippen LogP contribution in [0.25, 0.3) is 0 Å². The number of esters is 1. The summed E-state index contributed by atoms with van der Waals surface area (Å²) in [6.45, 7) is 17.6. The summed E-state index contributed by atoms with van der Waals surface area (Å²) in [5, 5.41) is 10.6. The minimum Gasteiger partial charge on any atom is -0.436 e. The maximum atomic E-state index is 11.8. The average Bonchev–Trinajstić information content (AvgIpc) is 2.84. The highest BCUT2D eigenvalue weighted by Gasteiger charge is 2.27. The smallest absolute Gasteiger partial charge is 0.307 e. The molecule has 1 aromatic carbocycles. The fourth-order valence-electron chi connectivity index (χ4n) is 5.36. The van der Waals surface area contributed by atoms with Gasteiger partial charge in [0.05, 0.1) is 0 Å². The van der Waals surface area contributed by atoms with Crippen LogP contribution in [0, 0.1) is 0 Å². The van der Waals surface area contributed by atoms with Crippen LogP contribution in [0.15, 0.2) is 18.2 Å². The van der Waals surface area contributed by atoms with Crippen LogP contribution in [-0.4, -0.2) is 17.4 Å². The molecular weight excluding hydrogens is 468 g/mol. The number of hydrogen-bond acceptors (Lipinski definition) is 3. The first-order valence-electron chi connectivity index (χ1n) is 15.9. The molecule has 2 unspecified atom stereocenters. The normalized spacial score (nSPS) is 13.9. The number of hydrogen-bond donors (Lipinski definition) is 1. The number of carbonyl (C=O) groups is 1. The zero-order chi connectivity index (χ0) is 28.6. The van der Waals surface area contributed by atoms with Gasteiger partial charge >= 0.3 is 5.97 Å². The second kappa shape index (κ2) is 18.1. The molecule has 0 amide bonds. The molecule has 0 heterocycles. The van der Waals surface area contributed by atoms with Gasteiger partial charge in [0.2, 0.25) is 6.29 Å². The lowest BCUT2D eigenvalue weighted by Gasteiger charge is -2.31. The van der Waals surface area contributed by atoms with Gasteiger partial charge in [-0.15, -0.1) is 0 Å². The molecule has 0 radical (unpaired) electrons. The molecule has 0 aliphatic rings. The third-order valence-corrected chi connectivity index (χ3v) is 7.87. The average molecular weight is 531 g/mol. The van der Waals surface area contributed by atoms with Crippen LogP contribution in [0.5, 0.6) is 0 Å². The van der Waals surface area contributed by atoms with Crippen LogP contribution in [0.1, 0.15) is 181 Å². The number of unbranched alkanes of at least 4 members (excludes halogenated alkanes) is 12. The van der Waals surface area contributed by atoms with E-state index in [0.717, 1.165) is 12.8 Å². The molecule has 0 aromatic heterocycles. The summed E-state index contributed by atoms with van der Waals surface area (Å²) < 4.78 is 5.29. The van der Waals surface area contributed by atoms with Gasteiger partial charge in [0.15, 0.2) is 0 Å². The highest BCUT2D eigenvalue weighted by molar-refractivity contribution is 5.68. The lowest BCUT2D eigenvalue weighted by molar-refractivity contribution is -0.169. The summed E-state index contributed by atoms with van der Waals surface area (Å²) in [6, 6.07) is 6.91. The van der Waals surface area contributed by atoms with E-state index in [4.69, 9.17) is 4.74 Å². The minimum atomic E-state index is -1.05. The molecule has 0 aliphatic heterocycles. The Labute approximate surface area is 236 Å². The SMILES string of the molecule is CCCCCCCCCCCCCCCC(CC(O)OC(=O)CC)c1ccc(C(C)(C)C)cc1C(C)(C)C. The van der Waals surface area contributed by atoms with Crippen LogP contribution >= 0.6 is 0 Å². The first kappa shape index (κ1) is 34.7. The zero-order valence-corrected chi connectivity index (χ0v) is 26.5. The van der Waals surface area contributed by atoms with Crippen molar-refractivity contribution in [1.29, 1.82) is 0 Å². The molecule has 0 aliphatic carbocycles. The fraction of sp³-hybridized carbons (Fsp3) is 0.800. The van der Waals surface area contributed by atoms with E-state index in [2.05, 4.69) is 66.7 Å². The molecule has 0 spiro atoms. The summed E-state index contributed by atoms with van der Waals surface area (Å²) in [6.07, 6.45) is 18.2. The Morgan fingerprint density at radius 2 is 1.26 bits per heavy atom. The standard InChI is InChI=1S/C35H62O3/c1-9-11-12-13-14-15-16-17-18-19-20-21-22-23-28(26-33(37)38-32(36)10-2)30-25-24-29(34(3,4)5)27-31(30)35(6,7)8/h24-25,27-28,33,37H,9-23,26H2,1-8H3. The van der Waals surface area contributed by atoms with Gasteiger partial charge in [0.1, 0.15) is 0 Å². The molecule has 3 nitrogen and oxygen atoms in total. The quantitative estimate of drug-likeness (QED) is 0.110. The lowest BCUT2D eigenvalue weighted by Crippen LogP contribution is -2.23. The highest BCUT2D eigenvalue weighted by atomic mass is 16.6. The molecule has 0 saturated heterocycles. The number of aliphatic hydroxyl groups excluding tert-OH is 1. The maximum Gasteiger partial charge on any atom is 0.307 e. The second-order valence-electron chi connectivity index (χ2n) is 13.6. The van der Waals surface area contributed by atoms with Gasteiger partial charge in [0.25, 0.3) is 0 Å². The third-order valence-electron chi connectivity index (χ3n) is 7.87. The molecule has 38 heavy (non-hydrogen) atoms. The number of rotatable bonds is 19. The highest BCUT2D eigenvalue weighted by Crippen LogP contribution is 2.38. The second-order valence-corrected chi connectivity index (χ2v) is 13.6. The minimum absolute atomic E-state index is 0.00408. The van der Waals surface area contributed by atoms with E-state index in [1.165, 1.54) is 93.7 Å². The molecule has 1 aromatic rings. The number of benzene rings is 1. The Hall–Kier alpha value is -1.35. The van der Waals surface area contributed by atoms with Crippen molar-refractivity contribution in [2.75, 3.05) is 0 Å². The van der Waals surface area contributed by atoms with Crippen LogP contribution in [-0.2, 0) is 20.4 Å². The van der Waals surface area contributed by atoms with Crippen molar-refractivity contribution < 1.29 is 14.6 Å². The van der Waals surface area contributed by atoms with E-state index in [0.29, 0.717) is 6.42 Å². The molecule has 0 bridgehead atoms. The van der Waals surface area contributed by atoms with Gasteiger partial charge in [-0.1, -0.05) is 157 Å². The molecular formula is C35H62O3. The Bertz CT molecular complexity index is 768. The van der Waals surface area contributed by atoms with E-state index in [9.17, 15) is 9.90 Å². The zero-order valence-electron chi connectivity index (χ0n) is 26.5. The molecule has 2 atom stereocenters. The summed E-state index contributed by atoms with van der Waals surface area (Å²) in [7, 11) is 0. The van der Waals surface area contributed by atoms with Gasteiger partial charge in [-0.05, 0) is 39.9 Å². The van der Waals surface area contributed by atoms with E-state index >= 15 is 0 Å². The van der Waals surface area contributed by atoms with Crippen molar-refractivity contribution in [2.24, 2.45) is 0 Å². The molecule has 0 fully saturated rings. The molecule has 3 heteroatoms. The van der Waals surface area contributed by atoms with Crippen molar-refractivity contribution in [2.45, 2.75) is 181 Å². The Kier molecular flexibility index (Phi) is 16.5. The van der Waals surface area contributed by atoms with E-state index in [-0.39, 0.29) is 29.1 Å². The number of aliphatic hydroxyl groups is 1. The maximum absolute atomic E-state index is 11.8. The van der Waals surface area contributed by atoms with Gasteiger partial charge in [-0.25, -0.2) is 0 Å². The van der Waals surface area contributed by atoms with Gasteiger partial charge in [-0.3, -0.25) is 4.79 Å². The monoisotopic (exact) mass is 530 g/mol. The summed E-state index contributed by atoms with van der Waals surface area (Å²) in [5.41, 5.74) is 4.06. The van der Waals surface area contributed by atoms with Crippen LogP contribution < -0.4 is 0 Å². The third kappa shape index (κ3) is 14.2. The number of carbonyl (C=O) groups excluding carboxylic acids is 1. The summed E-state index contributed by atoms with van der Waals surface area (Å²) in [5.74, 6) is -0.165. The van der Waals surface area contributed by atoms with Crippen LogP contribution in [0.4, 0.5) is 0 Å². The van der Waals surface area contributed by atoms with Crippen molar-refractivity contribution in [3.05, 3.63) is 34.9 Å². The van der Waals surface area contributed by atoms with Gasteiger partial charge < -0.3 is 9.84 Å². The van der Waals surface area contributed by atoms with Crippen molar-refractivity contribution >= 4 is 5.97 Å². The lowest BCUT2D eigenvalue weighted by atomic mass is 9.74. The van der Waals surface area contributed by atoms with Crippen LogP contribution in [0.2, 0.25) is 0 Å². The van der Waals surface area contributed by atoms with Crippen molar-refractivity contribution in [3.8, 4) is 0 Å². The predicted molar refractivity (Wildman–Crippen MR) is 164 cm³/mol. The van der Waals surface area contributed by atoms with Crippen molar-refractivity contribution in [3.63, 3.8) is 0 Å². The summed E-state index contributed by atoms with van der Waals surface area (Å²) in [4.78, 5) is 11.8. The molecule has 0 saturated carbocycles. The fourth-order valence-corrected chi connectivity index (χ4v) is 5.36. The topological polar surface area (TPSA) is 46.5 Å². The largest absolute Gasteiger partial charge is 0.436 e.